The average Bonchev–Trinajstić information content (AvgIpc) is 2.55. The van der Waals surface area contributed by atoms with E-state index in [1.54, 1.807) is 0 Å². The summed E-state index contributed by atoms with van der Waals surface area (Å²) >= 11 is 6.05. The van der Waals surface area contributed by atoms with Crippen molar-refractivity contribution in [3.63, 3.8) is 0 Å². The van der Waals surface area contributed by atoms with Gasteiger partial charge >= 0.3 is 0 Å². The molecule has 1 aliphatic rings. The van der Waals surface area contributed by atoms with Crippen LogP contribution < -0.4 is 5.32 Å². The molecule has 2 heterocycles. The van der Waals surface area contributed by atoms with E-state index in [0.717, 1.165) is 43.9 Å². The number of rotatable bonds is 4. The van der Waals surface area contributed by atoms with Crippen molar-refractivity contribution in [2.75, 3.05) is 18.4 Å². The van der Waals surface area contributed by atoms with Crippen LogP contribution in [0, 0.1) is 6.92 Å². The number of halogens is 1. The predicted octanol–water partition coefficient (Wildman–Crippen LogP) is 3.51. The van der Waals surface area contributed by atoms with Crippen molar-refractivity contribution in [2.24, 2.45) is 0 Å². The van der Waals surface area contributed by atoms with E-state index in [2.05, 4.69) is 50.5 Å². The highest BCUT2D eigenvalue weighted by Crippen LogP contribution is 2.22. The first-order valence-electron chi connectivity index (χ1n) is 7.72. The zero-order valence-electron chi connectivity index (χ0n) is 12.8. The lowest BCUT2D eigenvalue weighted by Gasteiger charge is -2.32. The SMILES string of the molecule is Cc1c(Cl)ncnc1NC1CCN(Cc2ccccc2)CC1. The molecule has 0 aliphatic carbocycles. The maximum atomic E-state index is 6.05. The maximum absolute atomic E-state index is 6.05. The molecule has 22 heavy (non-hydrogen) atoms. The monoisotopic (exact) mass is 316 g/mol. The fourth-order valence-electron chi connectivity index (χ4n) is 2.84. The van der Waals surface area contributed by atoms with Gasteiger partial charge in [0, 0.05) is 31.2 Å². The maximum Gasteiger partial charge on any atom is 0.137 e. The second-order valence-electron chi connectivity index (χ2n) is 5.82. The second-order valence-corrected chi connectivity index (χ2v) is 6.18. The topological polar surface area (TPSA) is 41.1 Å². The third-order valence-electron chi connectivity index (χ3n) is 4.20. The highest BCUT2D eigenvalue weighted by molar-refractivity contribution is 6.30. The van der Waals surface area contributed by atoms with Gasteiger partial charge in [0.2, 0.25) is 0 Å². The Hall–Kier alpha value is -1.65. The summed E-state index contributed by atoms with van der Waals surface area (Å²) in [5.41, 5.74) is 2.31. The molecule has 0 unspecified atom stereocenters. The van der Waals surface area contributed by atoms with Crippen molar-refractivity contribution in [1.82, 2.24) is 14.9 Å². The number of nitrogens with zero attached hydrogens (tertiary/aromatic N) is 3. The van der Waals surface area contributed by atoms with E-state index in [1.165, 1.54) is 11.9 Å². The van der Waals surface area contributed by atoms with Gasteiger partial charge < -0.3 is 5.32 Å². The van der Waals surface area contributed by atoms with Crippen molar-refractivity contribution in [3.05, 3.63) is 52.9 Å². The van der Waals surface area contributed by atoms with E-state index in [1.807, 2.05) is 6.92 Å². The van der Waals surface area contributed by atoms with Gasteiger partial charge in [0.1, 0.15) is 17.3 Å². The van der Waals surface area contributed by atoms with Crippen LogP contribution in [0.2, 0.25) is 5.15 Å². The molecule has 0 spiro atoms. The number of anilines is 1. The van der Waals surface area contributed by atoms with Crippen LogP contribution in [0.4, 0.5) is 5.82 Å². The van der Waals surface area contributed by atoms with Crippen LogP contribution in [0.1, 0.15) is 24.0 Å². The molecule has 3 rings (SSSR count). The minimum Gasteiger partial charge on any atom is -0.367 e. The molecule has 4 nitrogen and oxygen atoms in total. The molecule has 0 saturated carbocycles. The Morgan fingerprint density at radius 2 is 1.91 bits per heavy atom. The van der Waals surface area contributed by atoms with E-state index >= 15 is 0 Å². The van der Waals surface area contributed by atoms with Gasteiger partial charge in [0.25, 0.3) is 0 Å². The zero-order chi connectivity index (χ0) is 15.4. The summed E-state index contributed by atoms with van der Waals surface area (Å²) in [6, 6.07) is 11.1. The van der Waals surface area contributed by atoms with Crippen LogP contribution in [0.25, 0.3) is 0 Å². The van der Waals surface area contributed by atoms with Gasteiger partial charge in [-0.15, -0.1) is 0 Å². The van der Waals surface area contributed by atoms with Crippen molar-refractivity contribution >= 4 is 17.4 Å². The lowest BCUT2D eigenvalue weighted by molar-refractivity contribution is 0.211. The first kappa shape index (κ1) is 15.3. The van der Waals surface area contributed by atoms with Gasteiger partial charge in [0.05, 0.1) is 0 Å². The van der Waals surface area contributed by atoms with E-state index in [-0.39, 0.29) is 0 Å². The van der Waals surface area contributed by atoms with Gasteiger partial charge in [-0.3, -0.25) is 4.90 Å². The molecule has 2 aromatic rings. The van der Waals surface area contributed by atoms with Crippen molar-refractivity contribution < 1.29 is 0 Å². The second kappa shape index (κ2) is 7.07. The van der Waals surface area contributed by atoms with Crippen LogP contribution in [-0.4, -0.2) is 34.0 Å². The van der Waals surface area contributed by atoms with Gasteiger partial charge in [-0.1, -0.05) is 41.9 Å². The fraction of sp³-hybridized carbons (Fsp3) is 0.412. The Bertz CT molecular complexity index is 609. The molecule has 0 bridgehead atoms. The van der Waals surface area contributed by atoms with Crippen LogP contribution in [-0.2, 0) is 6.54 Å². The summed E-state index contributed by atoms with van der Waals surface area (Å²) in [6.07, 6.45) is 3.75. The molecule has 0 atom stereocenters. The molecule has 5 heteroatoms. The van der Waals surface area contributed by atoms with Crippen LogP contribution >= 0.6 is 11.6 Å². The quantitative estimate of drug-likeness (QED) is 0.876. The smallest absolute Gasteiger partial charge is 0.137 e. The first-order chi connectivity index (χ1) is 10.7. The number of likely N-dealkylation sites (tertiary alicyclic amines) is 1. The number of hydrogen-bond acceptors (Lipinski definition) is 4. The molecule has 0 amide bonds. The van der Waals surface area contributed by atoms with Gasteiger partial charge in [-0.2, -0.15) is 0 Å². The van der Waals surface area contributed by atoms with Gasteiger partial charge in [-0.05, 0) is 25.3 Å². The summed E-state index contributed by atoms with van der Waals surface area (Å²) in [4.78, 5) is 10.8. The molecular weight excluding hydrogens is 296 g/mol. The highest BCUT2D eigenvalue weighted by Gasteiger charge is 2.20. The van der Waals surface area contributed by atoms with Crippen molar-refractivity contribution in [2.45, 2.75) is 32.4 Å². The van der Waals surface area contributed by atoms with Crippen molar-refractivity contribution in [3.8, 4) is 0 Å². The van der Waals surface area contributed by atoms with Crippen molar-refractivity contribution in [1.29, 1.82) is 0 Å². The molecule has 1 aromatic carbocycles. The summed E-state index contributed by atoms with van der Waals surface area (Å²) in [5, 5.41) is 4.04. The fourth-order valence-corrected chi connectivity index (χ4v) is 2.98. The highest BCUT2D eigenvalue weighted by atomic mass is 35.5. The molecule has 1 aromatic heterocycles. The molecule has 1 N–H and O–H groups in total. The molecule has 1 aliphatic heterocycles. The Morgan fingerprint density at radius 1 is 1.18 bits per heavy atom. The minimum absolute atomic E-state index is 0.455. The number of nitrogens with one attached hydrogen (secondary N) is 1. The Balaban J connectivity index is 1.52. The van der Waals surface area contributed by atoms with Gasteiger partial charge in [0.15, 0.2) is 0 Å². The number of piperidine rings is 1. The van der Waals surface area contributed by atoms with E-state index in [9.17, 15) is 0 Å². The van der Waals surface area contributed by atoms with Crippen LogP contribution in [0.5, 0.6) is 0 Å². The third kappa shape index (κ3) is 3.76. The standard InChI is InChI=1S/C17H21ClN4/c1-13-16(18)19-12-20-17(13)21-15-7-9-22(10-8-15)11-14-5-3-2-4-6-14/h2-6,12,15H,7-11H2,1H3,(H,19,20,21). The van der Waals surface area contributed by atoms with Gasteiger partial charge in [-0.25, -0.2) is 9.97 Å². The minimum atomic E-state index is 0.455. The molecule has 116 valence electrons. The molecule has 1 saturated heterocycles. The first-order valence-corrected chi connectivity index (χ1v) is 8.10. The number of benzene rings is 1. The largest absolute Gasteiger partial charge is 0.367 e. The molecular formula is C17H21ClN4. The van der Waals surface area contributed by atoms with Crippen LogP contribution in [0.3, 0.4) is 0 Å². The average molecular weight is 317 g/mol. The van der Waals surface area contributed by atoms with E-state index in [0.29, 0.717) is 11.2 Å². The van der Waals surface area contributed by atoms with E-state index in [4.69, 9.17) is 11.6 Å². The predicted molar refractivity (Wildman–Crippen MR) is 90.1 cm³/mol. The molecule has 0 radical (unpaired) electrons. The lowest BCUT2D eigenvalue weighted by Crippen LogP contribution is -2.38. The third-order valence-corrected chi connectivity index (χ3v) is 4.58. The number of hydrogen-bond donors (Lipinski definition) is 1. The molecule has 1 fully saturated rings. The summed E-state index contributed by atoms with van der Waals surface area (Å²) < 4.78 is 0. The summed E-state index contributed by atoms with van der Waals surface area (Å²) in [7, 11) is 0. The summed E-state index contributed by atoms with van der Waals surface area (Å²) in [6.45, 7) is 5.19. The lowest BCUT2D eigenvalue weighted by atomic mass is 10.0. The Kier molecular flexibility index (Phi) is 4.90. The summed E-state index contributed by atoms with van der Waals surface area (Å²) in [5.74, 6) is 0.863. The zero-order valence-corrected chi connectivity index (χ0v) is 13.6. The normalized spacial score (nSPS) is 16.6. The van der Waals surface area contributed by atoms with E-state index < -0.39 is 0 Å². The van der Waals surface area contributed by atoms with Crippen LogP contribution in [0.15, 0.2) is 36.7 Å². The Labute approximate surface area is 136 Å². The Morgan fingerprint density at radius 3 is 2.64 bits per heavy atom. The number of aromatic nitrogens is 2.